The zero-order chi connectivity index (χ0) is 14.9. The van der Waals surface area contributed by atoms with E-state index in [0.29, 0.717) is 11.3 Å². The maximum absolute atomic E-state index is 13.3. The third-order valence-electron chi connectivity index (χ3n) is 3.08. The summed E-state index contributed by atoms with van der Waals surface area (Å²) >= 11 is 12.3. The van der Waals surface area contributed by atoms with Crippen LogP contribution in [0.3, 0.4) is 0 Å². The highest BCUT2D eigenvalue weighted by Crippen LogP contribution is 2.43. The third kappa shape index (κ3) is 2.56. The Morgan fingerprint density at radius 3 is 2.25 bits per heavy atom. The van der Waals surface area contributed by atoms with Gasteiger partial charge in [-0.3, -0.25) is 0 Å². The number of halogens is 3. The first kappa shape index (κ1) is 14.9. The summed E-state index contributed by atoms with van der Waals surface area (Å²) in [5.41, 5.74) is 3.10. The molecule has 0 aromatic heterocycles. The van der Waals surface area contributed by atoms with E-state index in [1.165, 1.54) is 12.1 Å². The van der Waals surface area contributed by atoms with Gasteiger partial charge in [0.05, 0.1) is 22.8 Å². The predicted octanol–water partition coefficient (Wildman–Crippen LogP) is 5.16. The van der Waals surface area contributed by atoms with Crippen molar-refractivity contribution in [3.8, 4) is 16.9 Å². The molecule has 2 aromatic rings. The topological polar surface area (TPSA) is 21.3 Å². The second kappa shape index (κ2) is 5.90. The van der Waals surface area contributed by atoms with Crippen LogP contribution in [0.4, 0.5) is 10.1 Å². The average Bonchev–Trinajstić information content (AvgIpc) is 2.38. The quantitative estimate of drug-likeness (QED) is 0.845. The van der Waals surface area contributed by atoms with Crippen LogP contribution in [-0.2, 0) is 0 Å². The standard InChI is InChI=1S/C15H14Cl2FNO/c1-8-4-5-10(14(19-2)15(8)20-3)13-11(16)6-9(18)7-12(13)17/h4-7,19H,1-3H3. The van der Waals surface area contributed by atoms with Crippen LogP contribution in [0.25, 0.3) is 11.1 Å². The lowest BCUT2D eigenvalue weighted by atomic mass is 10.0. The van der Waals surface area contributed by atoms with E-state index in [4.69, 9.17) is 27.9 Å². The van der Waals surface area contributed by atoms with E-state index in [2.05, 4.69) is 5.32 Å². The molecule has 0 unspecified atom stereocenters. The van der Waals surface area contributed by atoms with Crippen LogP contribution in [-0.4, -0.2) is 14.2 Å². The molecule has 0 aliphatic rings. The van der Waals surface area contributed by atoms with Crippen molar-refractivity contribution in [3.63, 3.8) is 0 Å². The number of aryl methyl sites for hydroxylation is 1. The highest BCUT2D eigenvalue weighted by Gasteiger charge is 2.18. The fourth-order valence-corrected chi connectivity index (χ4v) is 2.87. The van der Waals surface area contributed by atoms with Gasteiger partial charge < -0.3 is 10.1 Å². The summed E-state index contributed by atoms with van der Waals surface area (Å²) in [7, 11) is 3.38. The zero-order valence-electron chi connectivity index (χ0n) is 11.4. The summed E-state index contributed by atoms with van der Waals surface area (Å²) < 4.78 is 18.7. The molecular formula is C15H14Cl2FNO. The lowest BCUT2D eigenvalue weighted by Crippen LogP contribution is -1.99. The van der Waals surface area contributed by atoms with Crippen molar-refractivity contribution in [2.75, 3.05) is 19.5 Å². The van der Waals surface area contributed by atoms with Gasteiger partial charge in [-0.2, -0.15) is 0 Å². The van der Waals surface area contributed by atoms with Gasteiger partial charge in [0.2, 0.25) is 0 Å². The molecule has 0 saturated carbocycles. The minimum absolute atomic E-state index is 0.261. The Morgan fingerprint density at radius 2 is 1.75 bits per heavy atom. The van der Waals surface area contributed by atoms with Crippen LogP contribution in [0.5, 0.6) is 5.75 Å². The van der Waals surface area contributed by atoms with Crippen LogP contribution < -0.4 is 10.1 Å². The van der Waals surface area contributed by atoms with Crippen molar-refractivity contribution in [2.24, 2.45) is 0 Å². The first-order valence-electron chi connectivity index (χ1n) is 5.99. The molecule has 0 saturated heterocycles. The largest absolute Gasteiger partial charge is 0.494 e. The van der Waals surface area contributed by atoms with Crippen molar-refractivity contribution < 1.29 is 9.13 Å². The number of benzene rings is 2. The van der Waals surface area contributed by atoms with Crippen LogP contribution >= 0.6 is 23.2 Å². The van der Waals surface area contributed by atoms with Gasteiger partial charge in [-0.1, -0.05) is 35.3 Å². The van der Waals surface area contributed by atoms with Gasteiger partial charge in [0.25, 0.3) is 0 Å². The molecule has 0 bridgehead atoms. The number of ether oxygens (including phenoxy) is 1. The SMILES string of the molecule is CNc1c(-c2c(Cl)cc(F)cc2Cl)ccc(C)c1OC. The minimum Gasteiger partial charge on any atom is -0.494 e. The van der Waals surface area contributed by atoms with E-state index in [1.807, 2.05) is 19.1 Å². The average molecular weight is 314 g/mol. The van der Waals surface area contributed by atoms with Gasteiger partial charge in [0, 0.05) is 18.2 Å². The highest BCUT2D eigenvalue weighted by molar-refractivity contribution is 6.39. The fourth-order valence-electron chi connectivity index (χ4n) is 2.21. The molecule has 0 aliphatic carbocycles. The molecule has 20 heavy (non-hydrogen) atoms. The van der Waals surface area contributed by atoms with Crippen molar-refractivity contribution in [2.45, 2.75) is 6.92 Å². The highest BCUT2D eigenvalue weighted by atomic mass is 35.5. The molecule has 0 aliphatic heterocycles. The molecule has 0 radical (unpaired) electrons. The van der Waals surface area contributed by atoms with Gasteiger partial charge in [0.15, 0.2) is 0 Å². The summed E-state index contributed by atoms with van der Waals surface area (Å²) in [6, 6.07) is 6.28. The van der Waals surface area contributed by atoms with Crippen molar-refractivity contribution in [3.05, 3.63) is 45.7 Å². The summed E-state index contributed by atoms with van der Waals surface area (Å²) in [4.78, 5) is 0. The Hall–Kier alpha value is -1.45. The normalized spacial score (nSPS) is 10.5. The molecule has 5 heteroatoms. The molecule has 0 amide bonds. The molecule has 0 atom stereocenters. The lowest BCUT2D eigenvalue weighted by Gasteiger charge is -2.17. The first-order valence-corrected chi connectivity index (χ1v) is 6.75. The van der Waals surface area contributed by atoms with Crippen LogP contribution in [0.15, 0.2) is 24.3 Å². The molecule has 106 valence electrons. The number of anilines is 1. The number of rotatable bonds is 3. The van der Waals surface area contributed by atoms with Crippen molar-refractivity contribution in [1.29, 1.82) is 0 Å². The van der Waals surface area contributed by atoms with Crippen molar-refractivity contribution in [1.82, 2.24) is 0 Å². The van der Waals surface area contributed by atoms with E-state index in [1.54, 1.807) is 14.2 Å². The van der Waals surface area contributed by atoms with Crippen LogP contribution in [0.2, 0.25) is 10.0 Å². The second-order valence-corrected chi connectivity index (χ2v) is 5.15. The second-order valence-electron chi connectivity index (χ2n) is 4.33. The van der Waals surface area contributed by atoms with E-state index < -0.39 is 5.82 Å². The minimum atomic E-state index is -0.464. The van der Waals surface area contributed by atoms with Gasteiger partial charge in [-0.25, -0.2) is 4.39 Å². The fraction of sp³-hybridized carbons (Fsp3) is 0.200. The maximum atomic E-state index is 13.3. The van der Waals surface area contributed by atoms with Gasteiger partial charge in [-0.05, 0) is 24.6 Å². The molecule has 0 spiro atoms. The molecule has 0 heterocycles. The summed E-state index contributed by atoms with van der Waals surface area (Å²) in [6.45, 7) is 1.94. The first-order chi connectivity index (χ1) is 9.49. The Labute approximate surface area is 127 Å². The Kier molecular flexibility index (Phi) is 4.41. The van der Waals surface area contributed by atoms with Gasteiger partial charge in [-0.15, -0.1) is 0 Å². The molecular weight excluding hydrogens is 300 g/mol. The number of nitrogens with one attached hydrogen (secondary N) is 1. The predicted molar refractivity (Wildman–Crippen MR) is 82.7 cm³/mol. The van der Waals surface area contributed by atoms with E-state index in [9.17, 15) is 4.39 Å². The molecule has 0 fully saturated rings. The Bertz CT molecular complexity index is 636. The molecule has 2 aromatic carbocycles. The maximum Gasteiger partial charge on any atom is 0.145 e. The number of hydrogen-bond acceptors (Lipinski definition) is 2. The van der Waals surface area contributed by atoms with E-state index >= 15 is 0 Å². The zero-order valence-corrected chi connectivity index (χ0v) is 12.9. The number of methoxy groups -OCH3 is 1. The molecule has 2 rings (SSSR count). The van der Waals surface area contributed by atoms with Crippen molar-refractivity contribution >= 4 is 28.9 Å². The molecule has 2 nitrogen and oxygen atoms in total. The van der Waals surface area contributed by atoms with Gasteiger partial charge in [0.1, 0.15) is 11.6 Å². The Morgan fingerprint density at radius 1 is 1.15 bits per heavy atom. The monoisotopic (exact) mass is 313 g/mol. The summed E-state index contributed by atoms with van der Waals surface area (Å²) in [5.74, 6) is 0.246. The summed E-state index contributed by atoms with van der Waals surface area (Å²) in [5, 5.41) is 3.61. The van der Waals surface area contributed by atoms with Gasteiger partial charge >= 0.3 is 0 Å². The van der Waals surface area contributed by atoms with E-state index in [-0.39, 0.29) is 10.0 Å². The smallest absolute Gasteiger partial charge is 0.145 e. The molecule has 1 N–H and O–H groups in total. The summed E-state index contributed by atoms with van der Waals surface area (Å²) in [6.07, 6.45) is 0. The lowest BCUT2D eigenvalue weighted by molar-refractivity contribution is 0.414. The van der Waals surface area contributed by atoms with Crippen LogP contribution in [0.1, 0.15) is 5.56 Å². The van der Waals surface area contributed by atoms with Crippen LogP contribution in [0, 0.1) is 12.7 Å². The Balaban J connectivity index is 2.77. The van der Waals surface area contributed by atoms with E-state index in [0.717, 1.165) is 16.8 Å². The number of hydrogen-bond donors (Lipinski definition) is 1. The third-order valence-corrected chi connectivity index (χ3v) is 3.68.